The first-order chi connectivity index (χ1) is 9.85. The summed E-state index contributed by atoms with van der Waals surface area (Å²) in [5.41, 5.74) is 0. The third-order valence-electron chi connectivity index (χ3n) is 3.98. The number of nitrogens with zero attached hydrogens (tertiary/aromatic N) is 2. The van der Waals surface area contributed by atoms with Crippen molar-refractivity contribution in [1.82, 2.24) is 19.2 Å². The van der Waals surface area contributed by atoms with Crippen LogP contribution in [0.1, 0.15) is 33.6 Å². The first-order valence-electron chi connectivity index (χ1n) is 8.01. The highest BCUT2D eigenvalue weighted by Gasteiger charge is 2.24. The van der Waals surface area contributed by atoms with Crippen LogP contribution < -0.4 is 10.0 Å². The fraction of sp³-hybridized carbons (Fsp3) is 1.00. The Kier molecular flexibility index (Phi) is 8.12. The number of rotatable bonds is 10. The molecule has 21 heavy (non-hydrogen) atoms. The van der Waals surface area contributed by atoms with Crippen molar-refractivity contribution in [3.63, 3.8) is 0 Å². The Bertz CT molecular complexity index is 386. The maximum atomic E-state index is 12.1. The van der Waals surface area contributed by atoms with Crippen LogP contribution in [-0.4, -0.2) is 70.0 Å². The summed E-state index contributed by atoms with van der Waals surface area (Å²) in [5, 5.41) is 3.29. The molecular formula is C14H32N4O2S. The number of hydrogen-bond acceptors (Lipinski definition) is 4. The summed E-state index contributed by atoms with van der Waals surface area (Å²) in [6.07, 6.45) is 1.90. The van der Waals surface area contributed by atoms with Crippen LogP contribution in [0.2, 0.25) is 0 Å². The SMILES string of the molecule is CCN1CCC(CNS(=O)(=O)N(C)CCCNC(C)C)C1. The fourth-order valence-corrected chi connectivity index (χ4v) is 3.55. The third-order valence-corrected chi connectivity index (χ3v) is 5.52. The van der Waals surface area contributed by atoms with E-state index in [-0.39, 0.29) is 0 Å². The fourth-order valence-electron chi connectivity index (χ4n) is 2.51. The van der Waals surface area contributed by atoms with Crippen LogP contribution in [0.4, 0.5) is 0 Å². The van der Waals surface area contributed by atoms with Crippen LogP contribution in [0.5, 0.6) is 0 Å². The predicted octanol–water partition coefficient (Wildman–Crippen LogP) is 0.483. The molecule has 1 heterocycles. The molecule has 1 aliphatic rings. The Morgan fingerprint density at radius 1 is 1.38 bits per heavy atom. The summed E-state index contributed by atoms with van der Waals surface area (Å²) in [5.74, 6) is 0.440. The Morgan fingerprint density at radius 2 is 2.10 bits per heavy atom. The van der Waals surface area contributed by atoms with Gasteiger partial charge in [-0.15, -0.1) is 0 Å². The Hall–Kier alpha value is -0.210. The van der Waals surface area contributed by atoms with Crippen molar-refractivity contribution in [2.45, 2.75) is 39.7 Å². The monoisotopic (exact) mass is 320 g/mol. The van der Waals surface area contributed by atoms with Gasteiger partial charge >= 0.3 is 0 Å². The molecule has 0 spiro atoms. The smallest absolute Gasteiger partial charge is 0.279 e. The lowest BCUT2D eigenvalue weighted by atomic mass is 10.1. The minimum atomic E-state index is -3.34. The Morgan fingerprint density at radius 3 is 2.67 bits per heavy atom. The van der Waals surface area contributed by atoms with Crippen molar-refractivity contribution < 1.29 is 8.42 Å². The van der Waals surface area contributed by atoms with Crippen molar-refractivity contribution in [3.8, 4) is 0 Å². The topological polar surface area (TPSA) is 64.7 Å². The van der Waals surface area contributed by atoms with Gasteiger partial charge in [-0.3, -0.25) is 0 Å². The predicted molar refractivity (Wildman–Crippen MR) is 87.5 cm³/mol. The minimum Gasteiger partial charge on any atom is -0.314 e. The van der Waals surface area contributed by atoms with E-state index in [0.29, 0.717) is 25.0 Å². The minimum absolute atomic E-state index is 0.439. The van der Waals surface area contributed by atoms with Crippen molar-refractivity contribution in [3.05, 3.63) is 0 Å². The zero-order chi connectivity index (χ0) is 15.9. The molecule has 1 fully saturated rings. The molecule has 1 aliphatic heterocycles. The molecule has 0 aromatic heterocycles. The van der Waals surface area contributed by atoms with Crippen LogP contribution in [0, 0.1) is 5.92 Å². The quantitative estimate of drug-likeness (QED) is 0.575. The molecule has 1 unspecified atom stereocenters. The van der Waals surface area contributed by atoms with Gasteiger partial charge in [-0.1, -0.05) is 20.8 Å². The Labute approximate surface area is 130 Å². The molecule has 0 radical (unpaired) electrons. The lowest BCUT2D eigenvalue weighted by Gasteiger charge is -2.20. The summed E-state index contributed by atoms with van der Waals surface area (Å²) in [4.78, 5) is 2.36. The van der Waals surface area contributed by atoms with E-state index in [0.717, 1.165) is 39.0 Å². The lowest BCUT2D eigenvalue weighted by molar-refractivity contribution is 0.341. The van der Waals surface area contributed by atoms with Gasteiger partial charge in [0.15, 0.2) is 0 Å². The van der Waals surface area contributed by atoms with Crippen molar-refractivity contribution in [2.75, 3.05) is 46.3 Å². The second-order valence-corrected chi connectivity index (χ2v) is 8.05. The number of likely N-dealkylation sites (tertiary alicyclic amines) is 1. The second-order valence-electron chi connectivity index (χ2n) is 6.19. The summed E-state index contributed by atoms with van der Waals surface area (Å²) >= 11 is 0. The summed E-state index contributed by atoms with van der Waals surface area (Å²) in [6.45, 7) is 11.4. The summed E-state index contributed by atoms with van der Waals surface area (Å²) in [6, 6.07) is 0.439. The first kappa shape index (κ1) is 18.8. The lowest BCUT2D eigenvalue weighted by Crippen LogP contribution is -2.41. The molecule has 1 atom stereocenters. The van der Waals surface area contributed by atoms with Crippen LogP contribution in [-0.2, 0) is 10.2 Å². The third kappa shape index (κ3) is 7.06. The number of nitrogens with one attached hydrogen (secondary N) is 2. The van der Waals surface area contributed by atoms with E-state index in [1.807, 2.05) is 0 Å². The van der Waals surface area contributed by atoms with E-state index in [9.17, 15) is 8.42 Å². The molecular weight excluding hydrogens is 288 g/mol. The maximum absolute atomic E-state index is 12.1. The van der Waals surface area contributed by atoms with E-state index in [4.69, 9.17) is 0 Å². The molecule has 126 valence electrons. The first-order valence-corrected chi connectivity index (χ1v) is 9.45. The molecule has 0 aromatic carbocycles. The van der Waals surface area contributed by atoms with Gasteiger partial charge in [0.1, 0.15) is 0 Å². The van der Waals surface area contributed by atoms with E-state index in [2.05, 4.69) is 35.7 Å². The zero-order valence-electron chi connectivity index (χ0n) is 13.9. The molecule has 0 bridgehead atoms. The van der Waals surface area contributed by atoms with Gasteiger partial charge in [0.25, 0.3) is 10.2 Å². The molecule has 0 saturated carbocycles. The van der Waals surface area contributed by atoms with Crippen LogP contribution in [0.3, 0.4) is 0 Å². The summed E-state index contributed by atoms with van der Waals surface area (Å²) in [7, 11) is -1.69. The molecule has 7 heteroatoms. The highest BCUT2D eigenvalue weighted by molar-refractivity contribution is 7.87. The van der Waals surface area contributed by atoms with E-state index in [1.165, 1.54) is 4.31 Å². The molecule has 2 N–H and O–H groups in total. The normalized spacial score (nSPS) is 20.8. The number of hydrogen-bond donors (Lipinski definition) is 2. The van der Waals surface area contributed by atoms with Gasteiger partial charge < -0.3 is 10.2 Å². The van der Waals surface area contributed by atoms with Gasteiger partial charge in [0.2, 0.25) is 0 Å². The standard InChI is InChI=1S/C14H32N4O2S/c1-5-18-10-7-14(12-18)11-16-21(19,20)17(4)9-6-8-15-13(2)3/h13-16H,5-12H2,1-4H3. The summed E-state index contributed by atoms with van der Waals surface area (Å²) < 4.78 is 28.5. The largest absolute Gasteiger partial charge is 0.314 e. The van der Waals surface area contributed by atoms with Gasteiger partial charge in [-0.05, 0) is 38.4 Å². The molecule has 1 saturated heterocycles. The maximum Gasteiger partial charge on any atom is 0.279 e. The zero-order valence-corrected chi connectivity index (χ0v) is 14.7. The van der Waals surface area contributed by atoms with E-state index < -0.39 is 10.2 Å². The highest BCUT2D eigenvalue weighted by atomic mass is 32.2. The van der Waals surface area contributed by atoms with Crippen LogP contribution in [0.15, 0.2) is 0 Å². The van der Waals surface area contributed by atoms with Gasteiger partial charge in [0.05, 0.1) is 0 Å². The van der Waals surface area contributed by atoms with Crippen LogP contribution >= 0.6 is 0 Å². The van der Waals surface area contributed by atoms with Crippen molar-refractivity contribution in [2.24, 2.45) is 5.92 Å². The van der Waals surface area contributed by atoms with Crippen LogP contribution in [0.25, 0.3) is 0 Å². The highest BCUT2D eigenvalue weighted by Crippen LogP contribution is 2.15. The van der Waals surface area contributed by atoms with Gasteiger partial charge in [-0.25, -0.2) is 4.72 Å². The van der Waals surface area contributed by atoms with Crippen molar-refractivity contribution >= 4 is 10.2 Å². The molecule has 6 nitrogen and oxygen atoms in total. The molecule has 1 rings (SSSR count). The molecule has 0 aromatic rings. The van der Waals surface area contributed by atoms with Gasteiger partial charge in [0, 0.05) is 32.7 Å². The molecule has 0 aliphatic carbocycles. The second kappa shape index (κ2) is 9.05. The van der Waals surface area contributed by atoms with E-state index in [1.54, 1.807) is 7.05 Å². The average Bonchev–Trinajstić information content (AvgIpc) is 2.89. The molecule has 0 amide bonds. The van der Waals surface area contributed by atoms with Gasteiger partial charge in [-0.2, -0.15) is 12.7 Å². The Balaban J connectivity index is 2.25. The average molecular weight is 321 g/mol. The van der Waals surface area contributed by atoms with Crippen molar-refractivity contribution in [1.29, 1.82) is 0 Å². The van der Waals surface area contributed by atoms with E-state index >= 15 is 0 Å².